The molecule has 1 aliphatic rings. The van der Waals surface area contributed by atoms with Crippen molar-refractivity contribution >= 4 is 22.6 Å². The molecule has 0 saturated carbocycles. The van der Waals surface area contributed by atoms with Gasteiger partial charge in [0.05, 0.1) is 11.3 Å². The van der Waals surface area contributed by atoms with Crippen molar-refractivity contribution in [3.05, 3.63) is 35.4 Å². The molecule has 0 amide bonds. The summed E-state index contributed by atoms with van der Waals surface area (Å²) in [6, 6.07) is 4.48. The van der Waals surface area contributed by atoms with Crippen LogP contribution in [-0.4, -0.2) is 16.6 Å². The van der Waals surface area contributed by atoms with Crippen molar-refractivity contribution in [1.29, 1.82) is 0 Å². The maximum absolute atomic E-state index is 12.4. The van der Waals surface area contributed by atoms with E-state index < -0.39 is 22.6 Å². The number of alkyl halides is 3. The smallest absolute Gasteiger partial charge is 0.379 e. The highest BCUT2D eigenvalue weighted by Gasteiger charge is 2.41. The molecule has 0 fully saturated rings. The van der Waals surface area contributed by atoms with E-state index in [0.29, 0.717) is 11.3 Å². The van der Waals surface area contributed by atoms with Gasteiger partial charge in [-0.2, -0.15) is 13.2 Å². The van der Waals surface area contributed by atoms with Gasteiger partial charge in [-0.15, -0.1) is 0 Å². The Hall–Kier alpha value is -1.56. The van der Waals surface area contributed by atoms with Crippen molar-refractivity contribution in [2.45, 2.75) is 25.1 Å². The van der Waals surface area contributed by atoms with Crippen LogP contribution in [0.5, 0.6) is 0 Å². The number of benzene rings is 1. The first-order valence-corrected chi connectivity index (χ1v) is 5.73. The Morgan fingerprint density at radius 1 is 1.37 bits per heavy atom. The molecule has 0 saturated heterocycles. The first kappa shape index (κ1) is 13.9. The van der Waals surface area contributed by atoms with Crippen LogP contribution in [0, 0.1) is 0 Å². The zero-order valence-electron chi connectivity index (χ0n) is 9.79. The van der Waals surface area contributed by atoms with Crippen LogP contribution < -0.4 is 0 Å². The Balaban J connectivity index is 2.19. The molecular formula is C12H9ClF3NO2. The quantitative estimate of drug-likeness (QED) is 0.784. The summed E-state index contributed by atoms with van der Waals surface area (Å²) in [4.78, 5) is 16.1. The molecule has 1 heterocycles. The van der Waals surface area contributed by atoms with Gasteiger partial charge in [0.25, 0.3) is 5.24 Å². The predicted octanol–water partition coefficient (Wildman–Crippen LogP) is 3.35. The van der Waals surface area contributed by atoms with Gasteiger partial charge in [0.1, 0.15) is 0 Å². The minimum atomic E-state index is -4.38. The highest BCUT2D eigenvalue weighted by molar-refractivity contribution is 6.65. The number of carbonyl (C=O) groups excluding carboxylic acids is 1. The van der Waals surface area contributed by atoms with Gasteiger partial charge in [-0.3, -0.25) is 4.79 Å². The number of hydrogen-bond donors (Lipinski definition) is 0. The minimum absolute atomic E-state index is 0.126. The molecule has 3 nitrogen and oxygen atoms in total. The molecule has 1 aromatic carbocycles. The van der Waals surface area contributed by atoms with E-state index in [-0.39, 0.29) is 6.42 Å². The summed E-state index contributed by atoms with van der Waals surface area (Å²) in [6.45, 7) is 1.48. The molecule has 1 aromatic rings. The van der Waals surface area contributed by atoms with Crippen molar-refractivity contribution in [2.24, 2.45) is 5.16 Å². The molecule has 1 aliphatic heterocycles. The molecular weight excluding hydrogens is 283 g/mol. The Morgan fingerprint density at radius 2 is 1.95 bits per heavy atom. The molecule has 0 spiro atoms. The van der Waals surface area contributed by atoms with Crippen LogP contribution in [0.3, 0.4) is 0 Å². The highest BCUT2D eigenvalue weighted by Crippen LogP contribution is 2.31. The number of hydrogen-bond acceptors (Lipinski definition) is 3. The number of carbonyl (C=O) groups is 1. The molecule has 2 rings (SSSR count). The number of rotatable bonds is 2. The van der Waals surface area contributed by atoms with Gasteiger partial charge in [0.15, 0.2) is 0 Å². The largest absolute Gasteiger partial charge is 0.416 e. The van der Waals surface area contributed by atoms with Gasteiger partial charge >= 0.3 is 6.18 Å². The lowest BCUT2D eigenvalue weighted by atomic mass is 9.96. The number of oxime groups is 1. The van der Waals surface area contributed by atoms with Crippen LogP contribution in [0.2, 0.25) is 0 Å². The summed E-state index contributed by atoms with van der Waals surface area (Å²) in [5.74, 6) is 0. The van der Waals surface area contributed by atoms with Gasteiger partial charge in [-0.05, 0) is 36.2 Å². The van der Waals surface area contributed by atoms with Crippen molar-refractivity contribution in [3.8, 4) is 0 Å². The Labute approximate surface area is 112 Å². The first-order chi connectivity index (χ1) is 8.72. The summed E-state index contributed by atoms with van der Waals surface area (Å²) in [5, 5.41) is 3.01. The lowest BCUT2D eigenvalue weighted by Gasteiger charge is -2.15. The van der Waals surface area contributed by atoms with E-state index in [9.17, 15) is 18.0 Å². The topological polar surface area (TPSA) is 38.7 Å². The zero-order chi connectivity index (χ0) is 14.3. The molecule has 0 bridgehead atoms. The van der Waals surface area contributed by atoms with E-state index in [1.165, 1.54) is 19.1 Å². The van der Waals surface area contributed by atoms with Crippen LogP contribution in [-0.2, 0) is 15.8 Å². The molecule has 19 heavy (non-hydrogen) atoms. The summed E-state index contributed by atoms with van der Waals surface area (Å²) < 4.78 is 37.2. The standard InChI is InChI=1S/C12H9ClF3NO2/c1-11(10(13)18)6-9(17-19-11)7-2-4-8(5-3-7)12(14,15)16/h2-5H,6H2,1H3. The Morgan fingerprint density at radius 3 is 2.37 bits per heavy atom. The van der Waals surface area contributed by atoms with Gasteiger partial charge < -0.3 is 4.84 Å². The fourth-order valence-corrected chi connectivity index (χ4v) is 1.75. The summed E-state index contributed by atoms with van der Waals surface area (Å²) in [6.07, 6.45) is -4.26. The molecule has 0 aliphatic carbocycles. The van der Waals surface area contributed by atoms with Crippen molar-refractivity contribution in [3.63, 3.8) is 0 Å². The second kappa shape index (κ2) is 4.52. The summed E-state index contributed by atoms with van der Waals surface area (Å²) in [7, 11) is 0. The van der Waals surface area contributed by atoms with Crippen molar-refractivity contribution in [2.75, 3.05) is 0 Å². The van der Waals surface area contributed by atoms with Crippen LogP contribution in [0.1, 0.15) is 24.5 Å². The predicted molar refractivity (Wildman–Crippen MR) is 62.9 cm³/mol. The molecule has 102 valence electrons. The SMILES string of the molecule is CC1(C(=O)Cl)CC(c2ccc(C(F)(F)F)cc2)=NO1. The van der Waals surface area contributed by atoms with Crippen LogP contribution in [0.25, 0.3) is 0 Å². The first-order valence-electron chi connectivity index (χ1n) is 5.35. The molecule has 0 N–H and O–H groups in total. The van der Waals surface area contributed by atoms with Gasteiger partial charge in [-0.25, -0.2) is 0 Å². The van der Waals surface area contributed by atoms with Crippen molar-refractivity contribution in [1.82, 2.24) is 0 Å². The fourth-order valence-electron chi connectivity index (χ4n) is 1.65. The van der Waals surface area contributed by atoms with Gasteiger partial charge in [-0.1, -0.05) is 17.3 Å². The second-order valence-electron chi connectivity index (χ2n) is 4.39. The van der Waals surface area contributed by atoms with E-state index in [1.54, 1.807) is 0 Å². The monoisotopic (exact) mass is 291 g/mol. The van der Waals surface area contributed by atoms with Crippen LogP contribution in [0.15, 0.2) is 29.4 Å². The summed E-state index contributed by atoms with van der Waals surface area (Å²) in [5.41, 5.74) is -1.13. The lowest BCUT2D eigenvalue weighted by Crippen LogP contribution is -2.31. The third-order valence-electron chi connectivity index (χ3n) is 2.82. The Kier molecular flexibility index (Phi) is 3.30. The minimum Gasteiger partial charge on any atom is -0.379 e. The van der Waals surface area contributed by atoms with Gasteiger partial charge in [0.2, 0.25) is 5.60 Å². The molecule has 0 aromatic heterocycles. The normalized spacial score (nSPS) is 22.9. The van der Waals surface area contributed by atoms with E-state index in [1.807, 2.05) is 0 Å². The number of nitrogens with zero attached hydrogens (tertiary/aromatic N) is 1. The zero-order valence-corrected chi connectivity index (χ0v) is 10.5. The maximum Gasteiger partial charge on any atom is 0.416 e. The molecule has 7 heteroatoms. The maximum atomic E-state index is 12.4. The summed E-state index contributed by atoms with van der Waals surface area (Å²) >= 11 is 5.38. The lowest BCUT2D eigenvalue weighted by molar-refractivity contribution is -0.137. The third-order valence-corrected chi connectivity index (χ3v) is 3.22. The van der Waals surface area contributed by atoms with E-state index >= 15 is 0 Å². The Bertz CT molecular complexity index is 539. The second-order valence-corrected chi connectivity index (χ2v) is 4.73. The molecule has 0 radical (unpaired) electrons. The van der Waals surface area contributed by atoms with Crippen molar-refractivity contribution < 1.29 is 22.8 Å². The average molecular weight is 292 g/mol. The van der Waals surface area contributed by atoms with E-state index in [0.717, 1.165) is 12.1 Å². The average Bonchev–Trinajstić information content (AvgIpc) is 2.72. The molecule has 1 unspecified atom stereocenters. The third kappa shape index (κ3) is 2.73. The van der Waals surface area contributed by atoms with Crippen LogP contribution >= 0.6 is 11.6 Å². The van der Waals surface area contributed by atoms with E-state index in [4.69, 9.17) is 16.4 Å². The molecule has 1 atom stereocenters. The van der Waals surface area contributed by atoms with Crippen LogP contribution in [0.4, 0.5) is 13.2 Å². The number of halogens is 4. The fraction of sp³-hybridized carbons (Fsp3) is 0.333. The highest BCUT2D eigenvalue weighted by atomic mass is 35.5. The van der Waals surface area contributed by atoms with Gasteiger partial charge in [0, 0.05) is 6.42 Å². The van der Waals surface area contributed by atoms with E-state index in [2.05, 4.69) is 5.16 Å².